The maximum atomic E-state index is 11.9. The number of rotatable bonds is 2. The molecule has 1 saturated heterocycles. The van der Waals surface area contributed by atoms with E-state index in [0.29, 0.717) is 17.9 Å². The fourth-order valence-corrected chi connectivity index (χ4v) is 2.66. The molecule has 0 aromatic heterocycles. The van der Waals surface area contributed by atoms with E-state index in [0.717, 1.165) is 32.4 Å². The number of amides is 1. The molecule has 3 heteroatoms. The van der Waals surface area contributed by atoms with Gasteiger partial charge in [0, 0.05) is 18.5 Å². The van der Waals surface area contributed by atoms with Crippen molar-refractivity contribution in [2.45, 2.75) is 51.0 Å². The molecule has 0 aromatic rings. The predicted molar refractivity (Wildman–Crippen MR) is 60.6 cm³/mol. The molecule has 86 valence electrons. The maximum absolute atomic E-state index is 11.9. The highest BCUT2D eigenvalue weighted by molar-refractivity contribution is 5.79. The van der Waals surface area contributed by atoms with Crippen LogP contribution in [0.5, 0.6) is 0 Å². The Morgan fingerprint density at radius 3 is 2.53 bits per heavy atom. The molecule has 2 aliphatic rings. The Kier molecular flexibility index (Phi) is 4.01. The first-order valence-corrected chi connectivity index (χ1v) is 6.37. The summed E-state index contributed by atoms with van der Waals surface area (Å²) in [6.45, 7) is 2.06. The van der Waals surface area contributed by atoms with Crippen molar-refractivity contribution in [2.24, 2.45) is 5.92 Å². The highest BCUT2D eigenvalue weighted by Gasteiger charge is 2.23. The summed E-state index contributed by atoms with van der Waals surface area (Å²) in [7, 11) is 0. The van der Waals surface area contributed by atoms with Crippen molar-refractivity contribution in [1.82, 2.24) is 10.6 Å². The highest BCUT2D eigenvalue weighted by atomic mass is 16.1. The average Bonchev–Trinajstić information content (AvgIpc) is 2.31. The van der Waals surface area contributed by atoms with Gasteiger partial charge in [-0.2, -0.15) is 0 Å². The number of carbonyl (C=O) groups is 1. The average molecular weight is 210 g/mol. The summed E-state index contributed by atoms with van der Waals surface area (Å²) in [6.07, 6.45) is 8.33. The molecular weight excluding hydrogens is 188 g/mol. The van der Waals surface area contributed by atoms with Crippen LogP contribution in [0.2, 0.25) is 0 Å². The standard InChI is InChI=1S/C12H22N2O/c15-12(10-5-2-1-3-6-10)14-11-7-4-8-13-9-11/h10-11,13H,1-9H2,(H,14,15)/t11-/m0/s1. The molecule has 2 rings (SSSR count). The van der Waals surface area contributed by atoms with Crippen LogP contribution in [0.4, 0.5) is 0 Å². The molecular formula is C12H22N2O. The van der Waals surface area contributed by atoms with Crippen molar-refractivity contribution < 1.29 is 4.79 Å². The third-order valence-electron chi connectivity index (χ3n) is 3.62. The minimum Gasteiger partial charge on any atom is -0.352 e. The van der Waals surface area contributed by atoms with E-state index in [1.54, 1.807) is 0 Å². The lowest BCUT2D eigenvalue weighted by Crippen LogP contribution is -2.47. The molecule has 1 atom stereocenters. The maximum Gasteiger partial charge on any atom is 0.223 e. The summed E-state index contributed by atoms with van der Waals surface area (Å²) >= 11 is 0. The van der Waals surface area contributed by atoms with Gasteiger partial charge in [0.2, 0.25) is 5.91 Å². The Morgan fingerprint density at radius 1 is 1.07 bits per heavy atom. The topological polar surface area (TPSA) is 41.1 Å². The third-order valence-corrected chi connectivity index (χ3v) is 3.62. The lowest BCUT2D eigenvalue weighted by molar-refractivity contribution is -0.126. The van der Waals surface area contributed by atoms with Crippen LogP contribution in [0, 0.1) is 5.92 Å². The van der Waals surface area contributed by atoms with Crippen molar-refractivity contribution in [3.63, 3.8) is 0 Å². The predicted octanol–water partition coefficient (Wildman–Crippen LogP) is 1.43. The SMILES string of the molecule is O=C(N[C@H]1CCCNC1)C1CCCCC1. The largest absolute Gasteiger partial charge is 0.352 e. The number of nitrogens with one attached hydrogen (secondary N) is 2. The molecule has 3 nitrogen and oxygen atoms in total. The number of hydrogen-bond donors (Lipinski definition) is 2. The molecule has 2 N–H and O–H groups in total. The van der Waals surface area contributed by atoms with Gasteiger partial charge in [-0.25, -0.2) is 0 Å². The lowest BCUT2D eigenvalue weighted by atomic mass is 9.88. The summed E-state index contributed by atoms with van der Waals surface area (Å²) in [6, 6.07) is 0.383. The Morgan fingerprint density at radius 2 is 1.87 bits per heavy atom. The monoisotopic (exact) mass is 210 g/mol. The Bertz CT molecular complexity index is 206. The molecule has 0 bridgehead atoms. The molecule has 1 heterocycles. The van der Waals surface area contributed by atoms with Crippen LogP contribution >= 0.6 is 0 Å². The molecule has 1 amide bonds. The van der Waals surface area contributed by atoms with E-state index in [9.17, 15) is 4.79 Å². The van der Waals surface area contributed by atoms with Crippen LogP contribution in [0.25, 0.3) is 0 Å². The van der Waals surface area contributed by atoms with Gasteiger partial charge in [0.25, 0.3) is 0 Å². The smallest absolute Gasteiger partial charge is 0.223 e. The zero-order valence-corrected chi connectivity index (χ0v) is 9.43. The van der Waals surface area contributed by atoms with Crippen LogP contribution in [0.3, 0.4) is 0 Å². The van der Waals surface area contributed by atoms with Gasteiger partial charge in [0.15, 0.2) is 0 Å². The summed E-state index contributed by atoms with van der Waals surface area (Å²) in [5.74, 6) is 0.615. The first kappa shape index (κ1) is 10.9. The van der Waals surface area contributed by atoms with Crippen molar-refractivity contribution in [3.05, 3.63) is 0 Å². The van der Waals surface area contributed by atoms with Gasteiger partial charge in [0.05, 0.1) is 0 Å². The summed E-state index contributed by atoms with van der Waals surface area (Å²) in [4.78, 5) is 11.9. The fourth-order valence-electron chi connectivity index (χ4n) is 2.66. The minimum atomic E-state index is 0.306. The summed E-state index contributed by atoms with van der Waals surface area (Å²) in [5, 5.41) is 6.52. The Hall–Kier alpha value is -0.570. The zero-order chi connectivity index (χ0) is 10.5. The van der Waals surface area contributed by atoms with Crippen LogP contribution in [0.1, 0.15) is 44.9 Å². The van der Waals surface area contributed by atoms with Gasteiger partial charge in [0.1, 0.15) is 0 Å². The van der Waals surface area contributed by atoms with Crippen molar-refractivity contribution in [3.8, 4) is 0 Å². The van der Waals surface area contributed by atoms with Gasteiger partial charge < -0.3 is 10.6 Å². The molecule has 1 aliphatic heterocycles. The van der Waals surface area contributed by atoms with Crippen LogP contribution in [-0.4, -0.2) is 25.0 Å². The van der Waals surface area contributed by atoms with Crippen LogP contribution in [0.15, 0.2) is 0 Å². The van der Waals surface area contributed by atoms with Gasteiger partial charge >= 0.3 is 0 Å². The molecule has 0 aromatic carbocycles. The molecule has 1 aliphatic carbocycles. The van der Waals surface area contributed by atoms with E-state index in [-0.39, 0.29) is 0 Å². The number of piperidine rings is 1. The van der Waals surface area contributed by atoms with E-state index in [1.165, 1.54) is 25.7 Å². The van der Waals surface area contributed by atoms with Gasteiger partial charge in [-0.1, -0.05) is 19.3 Å². The number of carbonyl (C=O) groups excluding carboxylic acids is 1. The van der Waals surface area contributed by atoms with Crippen molar-refractivity contribution >= 4 is 5.91 Å². The summed E-state index contributed by atoms with van der Waals surface area (Å²) in [5.41, 5.74) is 0. The second kappa shape index (κ2) is 5.50. The molecule has 0 radical (unpaired) electrons. The van der Waals surface area contributed by atoms with Crippen molar-refractivity contribution in [1.29, 1.82) is 0 Å². The molecule has 15 heavy (non-hydrogen) atoms. The number of hydrogen-bond acceptors (Lipinski definition) is 2. The Labute approximate surface area is 92.0 Å². The van der Waals surface area contributed by atoms with E-state index in [4.69, 9.17) is 0 Å². The van der Waals surface area contributed by atoms with E-state index in [1.807, 2.05) is 0 Å². The van der Waals surface area contributed by atoms with Crippen LogP contribution < -0.4 is 10.6 Å². The van der Waals surface area contributed by atoms with Gasteiger partial charge in [-0.15, -0.1) is 0 Å². The van der Waals surface area contributed by atoms with E-state index in [2.05, 4.69) is 10.6 Å². The molecule has 2 fully saturated rings. The highest BCUT2D eigenvalue weighted by Crippen LogP contribution is 2.23. The second-order valence-corrected chi connectivity index (χ2v) is 4.89. The molecule has 0 spiro atoms. The zero-order valence-electron chi connectivity index (χ0n) is 9.43. The molecule has 0 unspecified atom stereocenters. The summed E-state index contributed by atoms with van der Waals surface area (Å²) < 4.78 is 0. The normalized spacial score (nSPS) is 28.7. The fraction of sp³-hybridized carbons (Fsp3) is 0.917. The Balaban J connectivity index is 1.74. The van der Waals surface area contributed by atoms with E-state index < -0.39 is 0 Å². The van der Waals surface area contributed by atoms with E-state index >= 15 is 0 Å². The third kappa shape index (κ3) is 3.20. The quantitative estimate of drug-likeness (QED) is 0.724. The van der Waals surface area contributed by atoms with Crippen LogP contribution in [-0.2, 0) is 4.79 Å². The first-order chi connectivity index (χ1) is 7.36. The molecule has 1 saturated carbocycles. The second-order valence-electron chi connectivity index (χ2n) is 4.89. The van der Waals surface area contributed by atoms with Gasteiger partial charge in [-0.05, 0) is 32.2 Å². The minimum absolute atomic E-state index is 0.306. The lowest BCUT2D eigenvalue weighted by Gasteiger charge is -2.27. The first-order valence-electron chi connectivity index (χ1n) is 6.37. The van der Waals surface area contributed by atoms with Crippen molar-refractivity contribution in [2.75, 3.05) is 13.1 Å². The van der Waals surface area contributed by atoms with Gasteiger partial charge in [-0.3, -0.25) is 4.79 Å².